The maximum atomic E-state index is 14.6. The second-order valence-corrected chi connectivity index (χ2v) is 15.6. The highest BCUT2D eigenvalue weighted by Crippen LogP contribution is 2.61. The van der Waals surface area contributed by atoms with Gasteiger partial charge in [0.25, 0.3) is 0 Å². The quantitative estimate of drug-likeness (QED) is 0.191. The number of fused-ring (bicyclic) bond motifs is 2. The fourth-order valence-electron chi connectivity index (χ4n) is 8.90. The third-order valence-electron chi connectivity index (χ3n) is 12.0. The Labute approximate surface area is 311 Å². The van der Waals surface area contributed by atoms with Crippen molar-refractivity contribution in [1.82, 2.24) is 10.4 Å². The van der Waals surface area contributed by atoms with Crippen LogP contribution in [0.15, 0.2) is 66.7 Å². The third-order valence-corrected chi connectivity index (χ3v) is 12.0. The number of nitrogens with two attached hydrogens (primary N) is 1. The van der Waals surface area contributed by atoms with Crippen molar-refractivity contribution in [3.05, 3.63) is 77.9 Å². The molecule has 8 atom stereocenters. The average Bonchev–Trinajstić information content (AvgIpc) is 3.50. The Kier molecular flexibility index (Phi) is 11.0. The van der Waals surface area contributed by atoms with Gasteiger partial charge in [0.2, 0.25) is 11.8 Å². The summed E-state index contributed by atoms with van der Waals surface area (Å²) in [6, 6.07) is 19.1. The molecular weight excluding hydrogens is 674 g/mol. The first-order chi connectivity index (χ1) is 25.2. The van der Waals surface area contributed by atoms with Gasteiger partial charge in [-0.15, -0.1) is 0 Å². The van der Waals surface area contributed by atoms with Crippen molar-refractivity contribution in [2.45, 2.75) is 71.4 Å². The number of amides is 3. The van der Waals surface area contributed by atoms with Crippen LogP contribution in [0.4, 0.5) is 16.2 Å². The monoisotopic (exact) mass is 727 g/mol. The minimum Gasteiger partial charge on any atom is -0.496 e. The zero-order valence-electron chi connectivity index (χ0n) is 31.7. The molecule has 0 aromatic heterocycles. The highest BCUT2D eigenvalue weighted by Gasteiger charge is 2.57. The summed E-state index contributed by atoms with van der Waals surface area (Å²) in [5.74, 6) is 0.347. The van der Waals surface area contributed by atoms with Crippen LogP contribution >= 0.6 is 0 Å². The highest BCUT2D eigenvalue weighted by molar-refractivity contribution is 5.96. The number of methoxy groups -OCH3 is 1. The van der Waals surface area contributed by atoms with Crippen LogP contribution in [0.25, 0.3) is 11.1 Å². The summed E-state index contributed by atoms with van der Waals surface area (Å²) >= 11 is 0. The molecule has 7 rings (SSSR count). The molecule has 1 saturated heterocycles. The predicted octanol–water partition coefficient (Wildman–Crippen LogP) is 5.44. The SMILES string of the molecule is COc1c(CN2O[C@@H](CO)[C@@H]([C@H](C)OC(=O)Nc3ccccc3)[C@H]2C(=O)N[C@H]2C[C@H]3C[C@@H]([C@@H]2C)C3(C)C)cccc1-c1cc(C(N)=O)cc(N(C)C)c1. The summed E-state index contributed by atoms with van der Waals surface area (Å²) in [5, 5.41) is 18.3. The summed E-state index contributed by atoms with van der Waals surface area (Å²) in [4.78, 5) is 48.2. The number of carbonyl (C=O) groups excluding carboxylic acids is 3. The summed E-state index contributed by atoms with van der Waals surface area (Å²) < 4.78 is 11.9. The van der Waals surface area contributed by atoms with Crippen molar-refractivity contribution in [1.29, 1.82) is 0 Å². The van der Waals surface area contributed by atoms with Gasteiger partial charge >= 0.3 is 6.09 Å². The van der Waals surface area contributed by atoms with Gasteiger partial charge in [-0.1, -0.05) is 57.2 Å². The lowest BCUT2D eigenvalue weighted by molar-refractivity contribution is -0.183. The van der Waals surface area contributed by atoms with E-state index in [2.05, 4.69) is 31.4 Å². The molecule has 2 bridgehead atoms. The largest absolute Gasteiger partial charge is 0.496 e. The van der Waals surface area contributed by atoms with E-state index in [0.29, 0.717) is 34.4 Å². The first kappa shape index (κ1) is 38.1. The molecule has 284 valence electrons. The molecule has 3 saturated carbocycles. The van der Waals surface area contributed by atoms with E-state index in [4.69, 9.17) is 20.0 Å². The number of nitrogens with one attached hydrogen (secondary N) is 2. The molecule has 5 N–H and O–H groups in total. The fraction of sp³-hybridized carbons (Fsp3) is 0.488. The Morgan fingerprint density at radius 2 is 1.81 bits per heavy atom. The number of para-hydroxylation sites is 2. The van der Waals surface area contributed by atoms with Crippen LogP contribution in [-0.4, -0.2) is 80.2 Å². The first-order valence-corrected chi connectivity index (χ1v) is 18.4. The van der Waals surface area contributed by atoms with E-state index in [1.54, 1.807) is 55.5 Å². The lowest BCUT2D eigenvalue weighted by Gasteiger charge is -2.62. The van der Waals surface area contributed by atoms with E-state index < -0.39 is 42.8 Å². The van der Waals surface area contributed by atoms with Gasteiger partial charge in [0.05, 0.1) is 26.2 Å². The number of ether oxygens (including phenoxy) is 2. The van der Waals surface area contributed by atoms with Crippen molar-refractivity contribution < 1.29 is 33.8 Å². The molecule has 3 aromatic carbocycles. The molecule has 53 heavy (non-hydrogen) atoms. The molecule has 12 nitrogen and oxygen atoms in total. The Hall–Kier alpha value is -4.65. The second kappa shape index (κ2) is 15.4. The molecule has 4 fully saturated rings. The standard InChI is InChI=1S/C41H53N5O7/c1-23-32-19-28(41(32,3)4)20-33(23)44-39(49)36-35(24(2)52-40(50)43-29-13-9-8-10-14-29)34(22-47)53-46(36)21-25-12-11-15-31(37(25)51-7)26-16-27(38(42)48)18-30(17-26)45(5)6/h8-18,23-24,28,32-36,47H,19-22H2,1-7H3,(H2,42,48)(H,43,50)(H,44,49)/t23-,24-,28+,32-,33-,34-,35+,36-/m0/s1. The molecule has 1 aliphatic heterocycles. The lowest BCUT2D eigenvalue weighted by atomic mass is 9.45. The van der Waals surface area contributed by atoms with Gasteiger partial charge in [-0.3, -0.25) is 19.7 Å². The van der Waals surface area contributed by atoms with Gasteiger partial charge in [0, 0.05) is 48.2 Å². The van der Waals surface area contributed by atoms with Crippen molar-refractivity contribution in [3.8, 4) is 16.9 Å². The Bertz CT molecular complexity index is 1820. The predicted molar refractivity (Wildman–Crippen MR) is 203 cm³/mol. The smallest absolute Gasteiger partial charge is 0.411 e. The number of primary amides is 1. The van der Waals surface area contributed by atoms with Crippen molar-refractivity contribution in [3.63, 3.8) is 0 Å². The van der Waals surface area contributed by atoms with Gasteiger partial charge in [-0.05, 0) is 78.8 Å². The number of nitrogens with zero attached hydrogens (tertiary/aromatic N) is 2. The van der Waals surface area contributed by atoms with Gasteiger partial charge in [-0.2, -0.15) is 5.06 Å². The van der Waals surface area contributed by atoms with Gasteiger partial charge in [0.1, 0.15) is 24.0 Å². The van der Waals surface area contributed by atoms with Gasteiger partial charge in [-0.25, -0.2) is 4.79 Å². The number of rotatable bonds is 12. The summed E-state index contributed by atoms with van der Waals surface area (Å²) in [7, 11) is 5.34. The van der Waals surface area contributed by atoms with E-state index in [0.717, 1.165) is 23.2 Å². The van der Waals surface area contributed by atoms with Crippen LogP contribution in [0.1, 0.15) is 56.5 Å². The first-order valence-electron chi connectivity index (χ1n) is 18.4. The normalized spacial score (nSPS) is 26.5. The molecule has 12 heteroatoms. The Balaban J connectivity index is 1.32. The molecule has 3 aromatic rings. The van der Waals surface area contributed by atoms with Crippen LogP contribution in [0.5, 0.6) is 5.75 Å². The van der Waals surface area contributed by atoms with Crippen molar-refractivity contribution in [2.75, 3.05) is 38.0 Å². The summed E-state index contributed by atoms with van der Waals surface area (Å²) in [6.45, 7) is 8.29. The fourth-order valence-corrected chi connectivity index (χ4v) is 8.90. The lowest BCUT2D eigenvalue weighted by Crippen LogP contribution is -2.62. The Morgan fingerprint density at radius 1 is 1.08 bits per heavy atom. The van der Waals surface area contributed by atoms with E-state index in [1.807, 2.05) is 49.3 Å². The number of aliphatic hydroxyl groups is 1. The summed E-state index contributed by atoms with van der Waals surface area (Å²) in [5.41, 5.74) is 9.83. The molecule has 4 aliphatic rings. The van der Waals surface area contributed by atoms with Gasteiger partial charge < -0.3 is 30.5 Å². The maximum Gasteiger partial charge on any atom is 0.411 e. The molecule has 3 aliphatic carbocycles. The van der Waals surface area contributed by atoms with Crippen LogP contribution < -0.4 is 26.0 Å². The van der Waals surface area contributed by atoms with E-state index >= 15 is 0 Å². The number of aliphatic hydroxyl groups excluding tert-OH is 1. The molecule has 0 unspecified atom stereocenters. The van der Waals surface area contributed by atoms with Crippen LogP contribution in [0.3, 0.4) is 0 Å². The van der Waals surface area contributed by atoms with Crippen molar-refractivity contribution in [2.24, 2.45) is 34.8 Å². The second-order valence-electron chi connectivity index (χ2n) is 15.6. The van der Waals surface area contributed by atoms with Crippen LogP contribution in [0, 0.1) is 29.1 Å². The van der Waals surface area contributed by atoms with Crippen molar-refractivity contribution >= 4 is 29.3 Å². The minimum absolute atomic E-state index is 0.0196. The van der Waals surface area contributed by atoms with E-state index in [9.17, 15) is 19.5 Å². The topological polar surface area (TPSA) is 156 Å². The number of anilines is 2. The zero-order valence-corrected chi connectivity index (χ0v) is 31.7. The number of hydrogen-bond donors (Lipinski definition) is 4. The molecule has 0 radical (unpaired) electrons. The number of benzene rings is 3. The minimum atomic E-state index is -0.919. The van der Waals surface area contributed by atoms with E-state index in [1.165, 1.54) is 6.42 Å². The molecular formula is C41H53N5O7. The molecule has 1 heterocycles. The molecule has 3 amide bonds. The maximum absolute atomic E-state index is 14.6. The zero-order chi connectivity index (χ0) is 38.2. The number of hydroxylamine groups is 2. The summed E-state index contributed by atoms with van der Waals surface area (Å²) in [6.07, 6.45) is -0.276. The Morgan fingerprint density at radius 3 is 2.43 bits per heavy atom. The van der Waals surface area contributed by atoms with Crippen LogP contribution in [0.2, 0.25) is 0 Å². The third kappa shape index (κ3) is 7.58. The van der Waals surface area contributed by atoms with E-state index in [-0.39, 0.29) is 29.8 Å². The van der Waals surface area contributed by atoms with Crippen LogP contribution in [-0.2, 0) is 20.9 Å². The number of carbonyl (C=O) groups is 3. The average molecular weight is 728 g/mol. The van der Waals surface area contributed by atoms with Gasteiger partial charge in [0.15, 0.2) is 0 Å². The molecule has 0 spiro atoms. The number of hydrogen-bond acceptors (Lipinski definition) is 9. The highest BCUT2D eigenvalue weighted by atomic mass is 16.7.